The molecule has 1 unspecified atom stereocenters. The molecule has 0 aromatic heterocycles. The molecular weight excluding hydrogens is 270 g/mol. The SMILES string of the molecule is CCCC(Oc1cccc(N2CCCC2=O)c1)C(=O)NN. The van der Waals surface area contributed by atoms with E-state index in [-0.39, 0.29) is 11.8 Å². The van der Waals surface area contributed by atoms with Gasteiger partial charge < -0.3 is 9.64 Å². The highest BCUT2D eigenvalue weighted by Crippen LogP contribution is 2.26. The molecule has 1 aliphatic rings. The first-order valence-electron chi connectivity index (χ1n) is 7.23. The molecule has 0 radical (unpaired) electrons. The Morgan fingerprint density at radius 1 is 1.52 bits per heavy atom. The summed E-state index contributed by atoms with van der Waals surface area (Å²) in [7, 11) is 0. The molecule has 0 saturated carbocycles. The van der Waals surface area contributed by atoms with Gasteiger partial charge in [-0.15, -0.1) is 0 Å². The molecule has 21 heavy (non-hydrogen) atoms. The van der Waals surface area contributed by atoms with Crippen LogP contribution in [0.5, 0.6) is 5.75 Å². The lowest BCUT2D eigenvalue weighted by Crippen LogP contribution is -2.42. The maximum atomic E-state index is 11.8. The number of hydrogen-bond donors (Lipinski definition) is 2. The summed E-state index contributed by atoms with van der Waals surface area (Å²) < 4.78 is 5.71. The number of hydrogen-bond acceptors (Lipinski definition) is 4. The van der Waals surface area contributed by atoms with Gasteiger partial charge in [0, 0.05) is 24.7 Å². The predicted molar refractivity (Wildman–Crippen MR) is 79.7 cm³/mol. The fourth-order valence-corrected chi connectivity index (χ4v) is 2.41. The van der Waals surface area contributed by atoms with E-state index in [2.05, 4.69) is 5.43 Å². The number of rotatable bonds is 6. The smallest absolute Gasteiger partial charge is 0.274 e. The van der Waals surface area contributed by atoms with Crippen molar-refractivity contribution in [3.63, 3.8) is 0 Å². The Hall–Kier alpha value is -2.08. The number of carbonyl (C=O) groups is 2. The summed E-state index contributed by atoms with van der Waals surface area (Å²) >= 11 is 0. The Morgan fingerprint density at radius 2 is 2.33 bits per heavy atom. The molecule has 6 nitrogen and oxygen atoms in total. The first-order valence-corrected chi connectivity index (χ1v) is 7.23. The van der Waals surface area contributed by atoms with Crippen LogP contribution in [-0.4, -0.2) is 24.5 Å². The molecule has 2 rings (SSSR count). The Bertz CT molecular complexity index is 519. The van der Waals surface area contributed by atoms with Gasteiger partial charge in [-0.25, -0.2) is 5.84 Å². The summed E-state index contributed by atoms with van der Waals surface area (Å²) in [5.74, 6) is 5.51. The lowest BCUT2D eigenvalue weighted by molar-refractivity contribution is -0.128. The van der Waals surface area contributed by atoms with E-state index in [0.29, 0.717) is 18.6 Å². The van der Waals surface area contributed by atoms with E-state index < -0.39 is 6.10 Å². The molecule has 1 saturated heterocycles. The van der Waals surface area contributed by atoms with Crippen molar-refractivity contribution in [3.8, 4) is 5.75 Å². The van der Waals surface area contributed by atoms with E-state index in [9.17, 15) is 9.59 Å². The van der Waals surface area contributed by atoms with Crippen LogP contribution in [-0.2, 0) is 9.59 Å². The summed E-state index contributed by atoms with van der Waals surface area (Å²) in [6.45, 7) is 2.70. The Labute approximate surface area is 124 Å². The maximum absolute atomic E-state index is 11.8. The molecule has 1 aromatic carbocycles. The standard InChI is InChI=1S/C15H21N3O3/c1-2-5-13(15(20)17-16)21-12-7-3-6-11(10-12)18-9-4-8-14(18)19/h3,6-7,10,13H,2,4-5,8-9,16H2,1H3,(H,17,20). The van der Waals surface area contributed by atoms with Gasteiger partial charge in [-0.2, -0.15) is 0 Å². The quantitative estimate of drug-likeness (QED) is 0.471. The molecule has 1 aromatic rings. The second-order valence-electron chi connectivity index (χ2n) is 5.05. The monoisotopic (exact) mass is 291 g/mol. The van der Waals surface area contributed by atoms with E-state index in [1.807, 2.05) is 19.1 Å². The van der Waals surface area contributed by atoms with Gasteiger partial charge >= 0.3 is 0 Å². The highest BCUT2D eigenvalue weighted by atomic mass is 16.5. The van der Waals surface area contributed by atoms with Crippen molar-refractivity contribution < 1.29 is 14.3 Å². The lowest BCUT2D eigenvalue weighted by atomic mass is 10.2. The molecule has 1 fully saturated rings. The van der Waals surface area contributed by atoms with Gasteiger partial charge in [-0.05, 0) is 25.0 Å². The second-order valence-corrected chi connectivity index (χ2v) is 5.05. The van der Waals surface area contributed by atoms with Gasteiger partial charge in [0.25, 0.3) is 5.91 Å². The molecule has 1 heterocycles. The first-order chi connectivity index (χ1) is 10.2. The number of nitrogens with two attached hydrogens (primary N) is 1. The fraction of sp³-hybridized carbons (Fsp3) is 0.467. The Balaban J connectivity index is 2.12. The molecule has 0 bridgehead atoms. The molecule has 114 valence electrons. The summed E-state index contributed by atoms with van der Waals surface area (Å²) in [6.07, 6.45) is 2.22. The van der Waals surface area contributed by atoms with Crippen LogP contribution in [0.25, 0.3) is 0 Å². The average molecular weight is 291 g/mol. The zero-order valence-electron chi connectivity index (χ0n) is 12.2. The van der Waals surface area contributed by atoms with Crippen LogP contribution in [0.2, 0.25) is 0 Å². The fourth-order valence-electron chi connectivity index (χ4n) is 2.41. The number of benzene rings is 1. The predicted octanol–water partition coefficient (Wildman–Crippen LogP) is 1.35. The van der Waals surface area contributed by atoms with E-state index in [1.165, 1.54) is 0 Å². The highest BCUT2D eigenvalue weighted by molar-refractivity contribution is 5.95. The minimum absolute atomic E-state index is 0.122. The normalized spacial score (nSPS) is 15.9. The first kappa shape index (κ1) is 15.3. The Morgan fingerprint density at radius 3 is 2.95 bits per heavy atom. The van der Waals surface area contributed by atoms with Crippen LogP contribution >= 0.6 is 0 Å². The highest BCUT2D eigenvalue weighted by Gasteiger charge is 2.23. The minimum atomic E-state index is -0.621. The molecule has 1 aliphatic heterocycles. The Kier molecular flexibility index (Phi) is 5.16. The van der Waals surface area contributed by atoms with Crippen LogP contribution in [0.1, 0.15) is 32.6 Å². The van der Waals surface area contributed by atoms with Gasteiger partial charge in [0.1, 0.15) is 5.75 Å². The molecule has 2 amide bonds. The number of nitrogens with one attached hydrogen (secondary N) is 1. The van der Waals surface area contributed by atoms with Crippen LogP contribution < -0.4 is 20.9 Å². The third-order valence-electron chi connectivity index (χ3n) is 3.47. The van der Waals surface area contributed by atoms with E-state index in [1.54, 1.807) is 17.0 Å². The van der Waals surface area contributed by atoms with Gasteiger partial charge in [0.05, 0.1) is 0 Å². The zero-order valence-corrected chi connectivity index (χ0v) is 12.2. The van der Waals surface area contributed by atoms with E-state index in [4.69, 9.17) is 10.6 Å². The minimum Gasteiger partial charge on any atom is -0.480 e. The molecule has 0 aliphatic carbocycles. The largest absolute Gasteiger partial charge is 0.480 e. The van der Waals surface area contributed by atoms with Gasteiger partial charge in [-0.1, -0.05) is 19.4 Å². The summed E-state index contributed by atoms with van der Waals surface area (Å²) in [6, 6.07) is 7.25. The van der Waals surface area contributed by atoms with Crippen LogP contribution in [0, 0.1) is 0 Å². The van der Waals surface area contributed by atoms with Crippen molar-refractivity contribution in [2.45, 2.75) is 38.7 Å². The van der Waals surface area contributed by atoms with E-state index >= 15 is 0 Å². The third kappa shape index (κ3) is 3.72. The van der Waals surface area contributed by atoms with Crippen molar-refractivity contribution in [2.75, 3.05) is 11.4 Å². The second kappa shape index (κ2) is 7.08. The van der Waals surface area contributed by atoms with Gasteiger partial charge in [0.15, 0.2) is 6.10 Å². The topological polar surface area (TPSA) is 84.7 Å². The van der Waals surface area contributed by atoms with Gasteiger partial charge in [0.2, 0.25) is 5.91 Å². The van der Waals surface area contributed by atoms with Crippen molar-refractivity contribution in [3.05, 3.63) is 24.3 Å². The molecular formula is C15H21N3O3. The number of ether oxygens (including phenoxy) is 1. The van der Waals surface area contributed by atoms with Crippen LogP contribution in [0.3, 0.4) is 0 Å². The number of hydrazine groups is 1. The lowest BCUT2D eigenvalue weighted by Gasteiger charge is -2.20. The molecule has 1 atom stereocenters. The van der Waals surface area contributed by atoms with Crippen molar-refractivity contribution in [1.29, 1.82) is 0 Å². The summed E-state index contributed by atoms with van der Waals surface area (Å²) in [5, 5.41) is 0. The summed E-state index contributed by atoms with van der Waals surface area (Å²) in [5.41, 5.74) is 2.92. The number of nitrogens with zero attached hydrogens (tertiary/aromatic N) is 1. The number of amides is 2. The molecule has 6 heteroatoms. The van der Waals surface area contributed by atoms with Crippen molar-refractivity contribution in [2.24, 2.45) is 5.84 Å². The third-order valence-corrected chi connectivity index (χ3v) is 3.47. The summed E-state index contributed by atoms with van der Waals surface area (Å²) in [4.78, 5) is 25.2. The maximum Gasteiger partial charge on any atom is 0.274 e. The van der Waals surface area contributed by atoms with Gasteiger partial charge in [-0.3, -0.25) is 15.0 Å². The van der Waals surface area contributed by atoms with Crippen LogP contribution in [0.15, 0.2) is 24.3 Å². The molecule has 3 N–H and O–H groups in total. The average Bonchev–Trinajstić information content (AvgIpc) is 2.92. The molecule has 0 spiro atoms. The number of carbonyl (C=O) groups excluding carboxylic acids is 2. The van der Waals surface area contributed by atoms with Crippen molar-refractivity contribution in [1.82, 2.24) is 5.43 Å². The van der Waals surface area contributed by atoms with E-state index in [0.717, 1.165) is 25.1 Å². The zero-order chi connectivity index (χ0) is 15.2. The van der Waals surface area contributed by atoms with Crippen LogP contribution in [0.4, 0.5) is 5.69 Å². The van der Waals surface area contributed by atoms with Crippen molar-refractivity contribution >= 4 is 17.5 Å². The number of anilines is 1.